The molecule has 1 saturated carbocycles. The fourth-order valence-electron chi connectivity index (χ4n) is 4.50. The lowest BCUT2D eigenvalue weighted by Gasteiger charge is -2.43. The SMILES string of the molecule is CN(C)C1(CCc2nc3c(s2)=CC2=CC=CCC=32)CCCCC1.O=C(O)C=CC(=O)O. The molecule has 3 aliphatic carbocycles. The molecule has 166 valence electrons. The van der Waals surface area contributed by atoms with Crippen LogP contribution in [0.4, 0.5) is 0 Å². The highest BCUT2D eigenvalue weighted by molar-refractivity contribution is 7.09. The first-order chi connectivity index (χ1) is 14.8. The molecule has 7 heteroatoms. The summed E-state index contributed by atoms with van der Waals surface area (Å²) in [5.41, 5.74) is 3.22. The van der Waals surface area contributed by atoms with E-state index in [1.807, 2.05) is 11.3 Å². The zero-order valence-electron chi connectivity index (χ0n) is 18.1. The molecular formula is C24H30N2O4S. The second kappa shape index (κ2) is 10.2. The van der Waals surface area contributed by atoms with Gasteiger partial charge in [-0.25, -0.2) is 14.6 Å². The molecule has 0 aliphatic heterocycles. The molecule has 0 radical (unpaired) electrons. The predicted molar refractivity (Wildman–Crippen MR) is 123 cm³/mol. The van der Waals surface area contributed by atoms with Crippen molar-refractivity contribution in [2.75, 3.05) is 14.1 Å². The van der Waals surface area contributed by atoms with E-state index in [-0.39, 0.29) is 0 Å². The van der Waals surface area contributed by atoms with E-state index in [4.69, 9.17) is 15.2 Å². The number of rotatable bonds is 6. The van der Waals surface area contributed by atoms with E-state index < -0.39 is 11.9 Å². The van der Waals surface area contributed by atoms with Crippen molar-refractivity contribution in [1.82, 2.24) is 9.88 Å². The third kappa shape index (κ3) is 5.80. The van der Waals surface area contributed by atoms with Gasteiger partial charge in [-0.1, -0.05) is 37.5 Å². The minimum Gasteiger partial charge on any atom is -0.478 e. The fraction of sp³-hybridized carbons (Fsp3) is 0.458. The van der Waals surface area contributed by atoms with Gasteiger partial charge in [0, 0.05) is 24.1 Å². The van der Waals surface area contributed by atoms with Gasteiger partial charge >= 0.3 is 11.9 Å². The number of carbonyl (C=O) groups is 2. The maximum atomic E-state index is 9.55. The van der Waals surface area contributed by atoms with E-state index >= 15 is 0 Å². The Morgan fingerprint density at radius 3 is 2.45 bits per heavy atom. The van der Waals surface area contributed by atoms with Crippen molar-refractivity contribution in [3.8, 4) is 0 Å². The third-order valence-electron chi connectivity index (χ3n) is 6.26. The number of hydrogen-bond acceptors (Lipinski definition) is 5. The quantitative estimate of drug-likeness (QED) is 0.659. The summed E-state index contributed by atoms with van der Waals surface area (Å²) < 4.78 is 1.38. The molecule has 0 unspecified atom stereocenters. The Balaban J connectivity index is 0.000000293. The van der Waals surface area contributed by atoms with Crippen LogP contribution in [0.15, 0.2) is 36.0 Å². The van der Waals surface area contributed by atoms with Crippen LogP contribution in [0.3, 0.4) is 0 Å². The molecule has 4 rings (SSSR count). The zero-order chi connectivity index (χ0) is 22.4. The Morgan fingerprint density at radius 2 is 1.84 bits per heavy atom. The Hall–Kier alpha value is -2.51. The summed E-state index contributed by atoms with van der Waals surface area (Å²) in [5.74, 6) is -2.51. The average molecular weight is 443 g/mol. The van der Waals surface area contributed by atoms with Crippen LogP contribution >= 0.6 is 11.3 Å². The molecule has 31 heavy (non-hydrogen) atoms. The highest BCUT2D eigenvalue weighted by Gasteiger charge is 2.34. The molecule has 1 aromatic rings. The van der Waals surface area contributed by atoms with Gasteiger partial charge in [0.25, 0.3) is 0 Å². The molecule has 1 fully saturated rings. The summed E-state index contributed by atoms with van der Waals surface area (Å²) in [6, 6.07) is 0. The van der Waals surface area contributed by atoms with Crippen LogP contribution < -0.4 is 9.88 Å². The Bertz CT molecular complexity index is 1020. The number of carboxylic acid groups (broad SMARTS) is 2. The van der Waals surface area contributed by atoms with Gasteiger partial charge in [-0.05, 0) is 57.0 Å². The highest BCUT2D eigenvalue weighted by atomic mass is 32.1. The zero-order valence-corrected chi connectivity index (χ0v) is 19.0. The largest absolute Gasteiger partial charge is 0.478 e. The molecular weight excluding hydrogens is 412 g/mol. The summed E-state index contributed by atoms with van der Waals surface area (Å²) in [6.07, 6.45) is 20.4. The molecule has 1 aromatic heterocycles. The lowest BCUT2D eigenvalue weighted by Crippen LogP contribution is -2.46. The van der Waals surface area contributed by atoms with E-state index in [1.165, 1.54) is 64.6 Å². The van der Waals surface area contributed by atoms with Crippen molar-refractivity contribution in [3.05, 3.63) is 50.8 Å². The fourth-order valence-corrected chi connectivity index (χ4v) is 5.54. The molecule has 3 aliphatic rings. The van der Waals surface area contributed by atoms with E-state index in [0.29, 0.717) is 17.7 Å². The summed E-state index contributed by atoms with van der Waals surface area (Å²) >= 11 is 1.91. The Labute approximate surface area is 186 Å². The summed E-state index contributed by atoms with van der Waals surface area (Å²) in [6.45, 7) is 0. The monoisotopic (exact) mass is 442 g/mol. The summed E-state index contributed by atoms with van der Waals surface area (Å²) in [4.78, 5) is 26.6. The molecule has 0 atom stereocenters. The van der Waals surface area contributed by atoms with E-state index in [9.17, 15) is 9.59 Å². The first-order valence-corrected chi connectivity index (χ1v) is 11.5. The van der Waals surface area contributed by atoms with Gasteiger partial charge in [0.1, 0.15) is 0 Å². The van der Waals surface area contributed by atoms with Crippen LogP contribution in [-0.2, 0) is 16.0 Å². The number of allylic oxidation sites excluding steroid dienone is 4. The van der Waals surface area contributed by atoms with Crippen LogP contribution in [0.1, 0.15) is 50.0 Å². The molecule has 0 saturated heterocycles. The van der Waals surface area contributed by atoms with Gasteiger partial charge in [-0.3, -0.25) is 0 Å². The molecule has 1 heterocycles. The van der Waals surface area contributed by atoms with Crippen molar-refractivity contribution in [2.24, 2.45) is 0 Å². The number of aromatic nitrogens is 1. The van der Waals surface area contributed by atoms with Crippen molar-refractivity contribution in [2.45, 2.75) is 56.9 Å². The van der Waals surface area contributed by atoms with Crippen LogP contribution in [0.2, 0.25) is 0 Å². The topological polar surface area (TPSA) is 90.7 Å². The Kier molecular flexibility index (Phi) is 7.62. The lowest BCUT2D eigenvalue weighted by molar-refractivity contribution is -0.134. The van der Waals surface area contributed by atoms with Crippen LogP contribution in [0.5, 0.6) is 0 Å². The van der Waals surface area contributed by atoms with Gasteiger partial charge in [0.2, 0.25) is 0 Å². The van der Waals surface area contributed by atoms with Crippen molar-refractivity contribution < 1.29 is 19.8 Å². The molecule has 2 N–H and O–H groups in total. The van der Waals surface area contributed by atoms with Crippen LogP contribution in [0.25, 0.3) is 11.6 Å². The summed E-state index contributed by atoms with van der Waals surface area (Å²) in [5, 5.41) is 18.2. The first-order valence-electron chi connectivity index (χ1n) is 10.7. The third-order valence-corrected chi connectivity index (χ3v) is 7.32. The minimum absolute atomic E-state index is 0.407. The molecule has 0 amide bonds. The number of carboxylic acids is 2. The maximum Gasteiger partial charge on any atom is 0.328 e. The normalized spacial score (nSPS) is 18.7. The van der Waals surface area contributed by atoms with Gasteiger partial charge in [-0.2, -0.15) is 0 Å². The molecule has 0 aromatic carbocycles. The van der Waals surface area contributed by atoms with Crippen molar-refractivity contribution in [3.63, 3.8) is 0 Å². The standard InChI is InChI=1S/C20H26N2S.C4H4O4/c1-22(2)20(11-6-3-7-12-20)13-10-18-21-19-16-9-5-4-8-15(16)14-17(19)23-18;5-3(6)1-2-4(7)8/h4-5,8,14H,3,6-7,9-13H2,1-2H3;1-2H,(H,5,6)(H,7,8). The first kappa shape index (κ1) is 23.2. The molecule has 0 spiro atoms. The van der Waals surface area contributed by atoms with Gasteiger partial charge in [-0.15, -0.1) is 11.3 Å². The summed E-state index contributed by atoms with van der Waals surface area (Å²) in [7, 11) is 4.53. The van der Waals surface area contributed by atoms with E-state index in [1.54, 1.807) is 0 Å². The van der Waals surface area contributed by atoms with Crippen molar-refractivity contribution >= 4 is 34.9 Å². The maximum absolute atomic E-state index is 9.55. The van der Waals surface area contributed by atoms with Gasteiger partial charge in [0.15, 0.2) is 0 Å². The number of nitrogens with zero attached hydrogens (tertiary/aromatic N) is 2. The minimum atomic E-state index is -1.26. The second-order valence-electron chi connectivity index (χ2n) is 8.39. The molecule has 0 bridgehead atoms. The van der Waals surface area contributed by atoms with E-state index in [0.717, 1.165) is 12.8 Å². The number of thiazole rings is 1. The van der Waals surface area contributed by atoms with Crippen LogP contribution in [0, 0.1) is 0 Å². The second-order valence-corrected chi connectivity index (χ2v) is 9.50. The number of aliphatic carboxylic acids is 2. The Morgan fingerprint density at radius 1 is 1.16 bits per heavy atom. The number of fused-ring (bicyclic) bond motifs is 2. The van der Waals surface area contributed by atoms with Gasteiger partial charge < -0.3 is 15.1 Å². The van der Waals surface area contributed by atoms with Gasteiger partial charge in [0.05, 0.1) is 14.9 Å². The number of hydrogen-bond donors (Lipinski definition) is 2. The smallest absolute Gasteiger partial charge is 0.328 e. The number of aryl methyl sites for hydroxylation is 1. The van der Waals surface area contributed by atoms with Crippen LogP contribution in [-0.4, -0.2) is 51.7 Å². The average Bonchev–Trinajstić information content (AvgIpc) is 3.29. The van der Waals surface area contributed by atoms with Crippen molar-refractivity contribution in [1.29, 1.82) is 0 Å². The van der Waals surface area contributed by atoms with E-state index in [2.05, 4.69) is 43.3 Å². The molecule has 6 nitrogen and oxygen atoms in total. The highest BCUT2D eigenvalue weighted by Crippen LogP contribution is 2.36. The predicted octanol–water partition coefficient (Wildman–Crippen LogP) is 2.88. The lowest BCUT2D eigenvalue weighted by atomic mass is 9.77.